The van der Waals surface area contributed by atoms with Gasteiger partial charge in [-0.2, -0.15) is 0 Å². The van der Waals surface area contributed by atoms with Crippen LogP contribution >= 0.6 is 0 Å². The zero-order valence-corrected chi connectivity index (χ0v) is 20.1. The Labute approximate surface area is 205 Å². The minimum Gasteiger partial charge on any atom is -0.497 e. The molecule has 0 saturated carbocycles. The van der Waals surface area contributed by atoms with Crippen molar-refractivity contribution in [1.82, 2.24) is 4.90 Å². The lowest BCUT2D eigenvalue weighted by molar-refractivity contribution is 0.102. The van der Waals surface area contributed by atoms with Crippen LogP contribution in [0.5, 0.6) is 17.2 Å². The summed E-state index contributed by atoms with van der Waals surface area (Å²) >= 11 is 0. The Morgan fingerprint density at radius 1 is 0.857 bits per heavy atom. The molecule has 4 rings (SSSR count). The van der Waals surface area contributed by atoms with Crippen LogP contribution in [-0.2, 0) is 6.54 Å². The average Bonchev–Trinajstić information content (AvgIpc) is 2.90. The summed E-state index contributed by atoms with van der Waals surface area (Å²) < 4.78 is 16.0. The van der Waals surface area contributed by atoms with E-state index in [-0.39, 0.29) is 11.9 Å². The number of carbonyl (C=O) groups is 2. The number of amides is 3. The molecule has 1 fully saturated rings. The van der Waals surface area contributed by atoms with Gasteiger partial charge in [0.25, 0.3) is 5.91 Å². The van der Waals surface area contributed by atoms with Crippen LogP contribution in [0, 0.1) is 0 Å². The number of hydrogen-bond donors (Lipinski definition) is 1. The lowest BCUT2D eigenvalue weighted by Crippen LogP contribution is -2.49. The second-order valence-corrected chi connectivity index (χ2v) is 8.13. The van der Waals surface area contributed by atoms with Gasteiger partial charge in [0.2, 0.25) is 0 Å². The van der Waals surface area contributed by atoms with Crippen molar-refractivity contribution in [3.8, 4) is 17.2 Å². The van der Waals surface area contributed by atoms with Gasteiger partial charge in [-0.1, -0.05) is 18.2 Å². The van der Waals surface area contributed by atoms with E-state index in [2.05, 4.69) is 5.32 Å². The van der Waals surface area contributed by atoms with Gasteiger partial charge in [-0.25, -0.2) is 4.79 Å². The van der Waals surface area contributed by atoms with E-state index >= 15 is 0 Å². The molecule has 0 unspecified atom stereocenters. The van der Waals surface area contributed by atoms with Crippen molar-refractivity contribution < 1.29 is 23.8 Å². The first-order chi connectivity index (χ1) is 17.0. The summed E-state index contributed by atoms with van der Waals surface area (Å²) in [5.41, 5.74) is 2.61. The highest BCUT2D eigenvalue weighted by Crippen LogP contribution is 2.30. The molecule has 0 bridgehead atoms. The number of nitrogens with one attached hydrogen (secondary N) is 1. The van der Waals surface area contributed by atoms with Crippen molar-refractivity contribution >= 4 is 23.3 Å². The number of methoxy groups -OCH3 is 3. The molecule has 3 aromatic rings. The maximum absolute atomic E-state index is 13.5. The molecule has 0 atom stereocenters. The molecule has 1 heterocycles. The highest BCUT2D eigenvalue weighted by molar-refractivity contribution is 6.07. The highest BCUT2D eigenvalue weighted by Gasteiger charge is 2.29. The smallest absolute Gasteiger partial charge is 0.324 e. The third-order valence-electron chi connectivity index (χ3n) is 5.87. The fourth-order valence-electron chi connectivity index (χ4n) is 4.10. The summed E-state index contributed by atoms with van der Waals surface area (Å²) in [5, 5.41) is 2.95. The van der Waals surface area contributed by atoms with Crippen molar-refractivity contribution in [3.05, 3.63) is 77.9 Å². The number of anilines is 2. The first kappa shape index (κ1) is 23.9. The van der Waals surface area contributed by atoms with Crippen LogP contribution in [0.15, 0.2) is 66.7 Å². The van der Waals surface area contributed by atoms with Crippen LogP contribution in [0.1, 0.15) is 22.3 Å². The second-order valence-electron chi connectivity index (χ2n) is 8.13. The molecule has 0 spiro atoms. The van der Waals surface area contributed by atoms with E-state index in [0.29, 0.717) is 53.8 Å². The van der Waals surface area contributed by atoms with Gasteiger partial charge in [-0.15, -0.1) is 0 Å². The molecule has 8 nitrogen and oxygen atoms in total. The normalized spacial score (nSPS) is 13.4. The van der Waals surface area contributed by atoms with Gasteiger partial charge in [0, 0.05) is 31.3 Å². The minimum absolute atomic E-state index is 0.124. The predicted octanol–water partition coefficient (Wildman–Crippen LogP) is 4.80. The van der Waals surface area contributed by atoms with Crippen molar-refractivity contribution in [2.24, 2.45) is 0 Å². The Morgan fingerprint density at radius 2 is 1.57 bits per heavy atom. The van der Waals surface area contributed by atoms with E-state index in [9.17, 15) is 9.59 Å². The maximum Gasteiger partial charge on any atom is 0.324 e. The van der Waals surface area contributed by atoms with Crippen molar-refractivity contribution in [2.45, 2.75) is 13.0 Å². The number of benzene rings is 3. The van der Waals surface area contributed by atoms with E-state index in [4.69, 9.17) is 14.2 Å². The van der Waals surface area contributed by atoms with Crippen LogP contribution in [0.3, 0.4) is 0 Å². The average molecular weight is 476 g/mol. The number of nitrogens with zero attached hydrogens (tertiary/aromatic N) is 2. The topological polar surface area (TPSA) is 80.3 Å². The zero-order valence-electron chi connectivity index (χ0n) is 20.1. The van der Waals surface area contributed by atoms with Crippen LogP contribution in [-0.4, -0.2) is 51.3 Å². The van der Waals surface area contributed by atoms with Crippen molar-refractivity contribution in [1.29, 1.82) is 0 Å². The fraction of sp³-hybridized carbons (Fsp3) is 0.259. The number of carbonyl (C=O) groups excluding carboxylic acids is 2. The van der Waals surface area contributed by atoms with Gasteiger partial charge in [0.1, 0.15) is 17.2 Å². The van der Waals surface area contributed by atoms with Gasteiger partial charge in [0.15, 0.2) is 0 Å². The fourth-order valence-corrected chi connectivity index (χ4v) is 4.10. The highest BCUT2D eigenvalue weighted by atomic mass is 16.5. The number of para-hydroxylation sites is 2. The van der Waals surface area contributed by atoms with Crippen LogP contribution in [0.2, 0.25) is 0 Å². The molecule has 1 N–H and O–H groups in total. The third kappa shape index (κ3) is 5.48. The Balaban J connectivity index is 1.54. The van der Waals surface area contributed by atoms with E-state index in [1.165, 1.54) is 0 Å². The summed E-state index contributed by atoms with van der Waals surface area (Å²) in [5.74, 6) is 1.67. The van der Waals surface area contributed by atoms with E-state index < -0.39 is 0 Å². The molecule has 35 heavy (non-hydrogen) atoms. The van der Waals surface area contributed by atoms with Crippen molar-refractivity contribution in [3.63, 3.8) is 0 Å². The number of hydrogen-bond acceptors (Lipinski definition) is 5. The molecule has 182 valence electrons. The van der Waals surface area contributed by atoms with Crippen LogP contribution in [0.25, 0.3) is 0 Å². The molecule has 1 aliphatic heterocycles. The number of urea groups is 1. The molecule has 8 heteroatoms. The largest absolute Gasteiger partial charge is 0.497 e. The maximum atomic E-state index is 13.5. The molecule has 0 radical (unpaired) electrons. The first-order valence-corrected chi connectivity index (χ1v) is 11.3. The minimum atomic E-state index is -0.277. The predicted molar refractivity (Wildman–Crippen MR) is 135 cm³/mol. The molecule has 3 aromatic carbocycles. The summed E-state index contributed by atoms with van der Waals surface area (Å²) in [6, 6.07) is 19.7. The van der Waals surface area contributed by atoms with E-state index in [1.807, 2.05) is 30.3 Å². The van der Waals surface area contributed by atoms with Crippen LogP contribution in [0.4, 0.5) is 16.2 Å². The Hall–Kier alpha value is -4.20. The van der Waals surface area contributed by atoms with Gasteiger partial charge in [0.05, 0.1) is 32.7 Å². The summed E-state index contributed by atoms with van der Waals surface area (Å²) in [6.07, 6.45) is 0.797. The Morgan fingerprint density at radius 3 is 2.29 bits per heavy atom. The number of rotatable bonds is 8. The zero-order chi connectivity index (χ0) is 24.8. The van der Waals surface area contributed by atoms with E-state index in [1.54, 1.807) is 67.5 Å². The van der Waals surface area contributed by atoms with Gasteiger partial charge in [-0.3, -0.25) is 9.69 Å². The third-order valence-corrected chi connectivity index (χ3v) is 5.87. The second kappa shape index (κ2) is 10.8. The Kier molecular flexibility index (Phi) is 7.40. The van der Waals surface area contributed by atoms with Crippen molar-refractivity contribution in [2.75, 3.05) is 44.6 Å². The standard InChI is InChI=1S/C27H29N3O5/c1-33-21-9-6-8-20(16-21)26(31)28-24-10-4-5-11-25(24)30-13-7-12-29(27(30)32)18-19-14-22(34-2)17-23(15-19)35-3/h4-6,8-11,14-17H,7,12-13,18H2,1-3H3,(H,28,31). The number of ether oxygens (including phenoxy) is 3. The summed E-state index contributed by atoms with van der Waals surface area (Å²) in [6.45, 7) is 1.61. The molecule has 1 saturated heterocycles. The first-order valence-electron chi connectivity index (χ1n) is 11.3. The molecular formula is C27H29N3O5. The van der Waals surface area contributed by atoms with Crippen LogP contribution < -0.4 is 24.4 Å². The monoisotopic (exact) mass is 475 g/mol. The molecule has 3 amide bonds. The molecule has 1 aliphatic rings. The summed E-state index contributed by atoms with van der Waals surface area (Å²) in [4.78, 5) is 29.9. The lowest BCUT2D eigenvalue weighted by Gasteiger charge is -2.36. The van der Waals surface area contributed by atoms with Gasteiger partial charge < -0.3 is 24.4 Å². The van der Waals surface area contributed by atoms with Gasteiger partial charge >= 0.3 is 6.03 Å². The Bertz CT molecular complexity index is 1190. The lowest BCUT2D eigenvalue weighted by atomic mass is 10.1. The SMILES string of the molecule is COc1cc(CN2CCCN(c3ccccc3NC(=O)c3cccc(OC)c3)C2=O)cc(OC)c1. The van der Waals surface area contributed by atoms with Gasteiger partial charge in [-0.05, 0) is 54.4 Å². The quantitative estimate of drug-likeness (QED) is 0.506. The van der Waals surface area contributed by atoms with E-state index in [0.717, 1.165) is 12.0 Å². The molecule has 0 aliphatic carbocycles. The molecular weight excluding hydrogens is 446 g/mol. The summed E-state index contributed by atoms with van der Waals surface area (Å²) in [7, 11) is 4.76. The molecule has 0 aromatic heterocycles.